The SMILES string of the molecule is CN1CCN(C(=O)[C@@]2(C)CC2(Br)Br)CC1. The first-order valence-electron chi connectivity index (χ1n) is 5.22. The third-order valence-electron chi connectivity index (χ3n) is 3.52. The van der Waals surface area contributed by atoms with E-state index in [1.54, 1.807) is 0 Å². The molecule has 0 N–H and O–H groups in total. The molecule has 1 amide bonds. The lowest BCUT2D eigenvalue weighted by Gasteiger charge is -2.34. The van der Waals surface area contributed by atoms with E-state index < -0.39 is 0 Å². The number of piperazine rings is 1. The van der Waals surface area contributed by atoms with Crippen LogP contribution in [0.2, 0.25) is 0 Å². The van der Waals surface area contributed by atoms with Crippen LogP contribution in [0, 0.1) is 5.41 Å². The van der Waals surface area contributed by atoms with Gasteiger partial charge in [-0.05, 0) is 20.4 Å². The van der Waals surface area contributed by atoms with Crippen LogP contribution in [0.1, 0.15) is 13.3 Å². The van der Waals surface area contributed by atoms with Crippen LogP contribution >= 0.6 is 31.9 Å². The summed E-state index contributed by atoms with van der Waals surface area (Å²) in [4.78, 5) is 16.5. The predicted octanol–water partition coefficient (Wildman–Crippen LogP) is 1.66. The second-order valence-electron chi connectivity index (χ2n) is 4.81. The smallest absolute Gasteiger partial charge is 0.230 e. The van der Waals surface area contributed by atoms with Crippen molar-refractivity contribution < 1.29 is 4.79 Å². The Bertz CT molecular complexity index is 287. The highest BCUT2D eigenvalue weighted by Crippen LogP contribution is 2.66. The molecule has 1 saturated heterocycles. The van der Waals surface area contributed by atoms with Gasteiger partial charge in [-0.2, -0.15) is 0 Å². The Morgan fingerprint density at radius 3 is 2.07 bits per heavy atom. The molecular formula is C10H16Br2N2O. The molecule has 2 fully saturated rings. The first-order chi connectivity index (χ1) is 6.87. The van der Waals surface area contributed by atoms with Crippen LogP contribution in [-0.2, 0) is 4.79 Å². The van der Waals surface area contributed by atoms with Gasteiger partial charge in [0.25, 0.3) is 0 Å². The summed E-state index contributed by atoms with van der Waals surface area (Å²) in [5, 5.41) is 0. The van der Waals surface area contributed by atoms with Crippen LogP contribution in [0.5, 0.6) is 0 Å². The number of rotatable bonds is 1. The van der Waals surface area contributed by atoms with Gasteiger partial charge in [0.15, 0.2) is 0 Å². The highest BCUT2D eigenvalue weighted by atomic mass is 79.9. The number of hydrogen-bond donors (Lipinski definition) is 0. The Balaban J connectivity index is 1.98. The Labute approximate surface area is 107 Å². The second-order valence-corrected chi connectivity index (χ2v) is 8.58. The van der Waals surface area contributed by atoms with Gasteiger partial charge in [-0.15, -0.1) is 0 Å². The van der Waals surface area contributed by atoms with Crippen LogP contribution in [-0.4, -0.2) is 52.2 Å². The molecule has 0 unspecified atom stereocenters. The molecule has 1 aliphatic carbocycles. The van der Waals surface area contributed by atoms with Gasteiger partial charge in [0.1, 0.15) is 0 Å². The van der Waals surface area contributed by atoms with Gasteiger partial charge >= 0.3 is 0 Å². The molecular weight excluding hydrogens is 324 g/mol. The zero-order valence-corrected chi connectivity index (χ0v) is 12.3. The van der Waals surface area contributed by atoms with E-state index in [1.807, 2.05) is 11.8 Å². The van der Waals surface area contributed by atoms with Crippen molar-refractivity contribution in [2.45, 2.75) is 16.6 Å². The van der Waals surface area contributed by atoms with E-state index in [1.165, 1.54) is 0 Å². The van der Waals surface area contributed by atoms with Crippen molar-refractivity contribution in [2.75, 3.05) is 33.2 Å². The van der Waals surface area contributed by atoms with Crippen molar-refractivity contribution in [3.8, 4) is 0 Å². The molecule has 0 aromatic heterocycles. The van der Waals surface area contributed by atoms with Crippen molar-refractivity contribution in [1.29, 1.82) is 0 Å². The van der Waals surface area contributed by atoms with Gasteiger partial charge in [-0.3, -0.25) is 4.79 Å². The monoisotopic (exact) mass is 338 g/mol. The lowest BCUT2D eigenvalue weighted by Crippen LogP contribution is -2.49. The molecule has 0 radical (unpaired) electrons. The Morgan fingerprint density at radius 1 is 1.20 bits per heavy atom. The first kappa shape index (κ1) is 11.9. The summed E-state index contributed by atoms with van der Waals surface area (Å²) < 4.78 is -0.159. The lowest BCUT2D eigenvalue weighted by atomic mass is 10.1. The maximum atomic E-state index is 12.3. The number of carbonyl (C=O) groups excluding carboxylic acids is 1. The van der Waals surface area contributed by atoms with E-state index in [4.69, 9.17) is 0 Å². The summed E-state index contributed by atoms with van der Waals surface area (Å²) in [5.74, 6) is 0.282. The third-order valence-corrected chi connectivity index (χ3v) is 5.83. The fourth-order valence-corrected chi connectivity index (χ4v) is 3.45. The molecule has 86 valence electrons. The zero-order chi connectivity index (χ0) is 11.3. The predicted molar refractivity (Wildman–Crippen MR) is 67.4 cm³/mol. The lowest BCUT2D eigenvalue weighted by molar-refractivity contribution is -0.137. The Hall–Kier alpha value is 0.390. The molecule has 0 spiro atoms. The van der Waals surface area contributed by atoms with Crippen LogP contribution in [0.4, 0.5) is 0 Å². The van der Waals surface area contributed by atoms with Crippen molar-refractivity contribution in [3.05, 3.63) is 0 Å². The van der Waals surface area contributed by atoms with Gasteiger partial charge in [-0.1, -0.05) is 31.9 Å². The molecule has 1 saturated carbocycles. The molecule has 5 heteroatoms. The molecule has 1 heterocycles. The van der Waals surface area contributed by atoms with E-state index in [0.29, 0.717) is 0 Å². The average molecular weight is 340 g/mol. The number of carbonyl (C=O) groups is 1. The van der Waals surface area contributed by atoms with Crippen LogP contribution in [0.15, 0.2) is 0 Å². The summed E-state index contributed by atoms with van der Waals surface area (Å²) in [6.07, 6.45) is 0.880. The van der Waals surface area contributed by atoms with Gasteiger partial charge in [0.2, 0.25) is 5.91 Å². The normalized spacial score (nSPS) is 35.3. The summed E-state index contributed by atoms with van der Waals surface area (Å²) in [6, 6.07) is 0. The first-order valence-corrected chi connectivity index (χ1v) is 6.81. The molecule has 1 atom stereocenters. The Kier molecular flexibility index (Phi) is 2.93. The van der Waals surface area contributed by atoms with Gasteiger partial charge in [0.05, 0.1) is 8.65 Å². The van der Waals surface area contributed by atoms with Crippen molar-refractivity contribution >= 4 is 37.8 Å². The topological polar surface area (TPSA) is 23.6 Å². The minimum atomic E-state index is -0.247. The van der Waals surface area contributed by atoms with Crippen LogP contribution < -0.4 is 0 Å². The number of hydrogen-bond acceptors (Lipinski definition) is 2. The van der Waals surface area contributed by atoms with Crippen LogP contribution in [0.25, 0.3) is 0 Å². The Morgan fingerprint density at radius 2 is 1.67 bits per heavy atom. The molecule has 2 rings (SSSR count). The van der Waals surface area contributed by atoms with Gasteiger partial charge < -0.3 is 9.80 Å². The fraction of sp³-hybridized carbons (Fsp3) is 0.900. The summed E-state index contributed by atoms with van der Waals surface area (Å²) in [7, 11) is 2.10. The number of alkyl halides is 2. The van der Waals surface area contributed by atoms with Crippen molar-refractivity contribution in [2.24, 2.45) is 5.41 Å². The average Bonchev–Trinajstić information content (AvgIpc) is 2.67. The summed E-state index contributed by atoms with van der Waals surface area (Å²) in [5.41, 5.74) is -0.247. The molecule has 0 aromatic carbocycles. The van der Waals surface area contributed by atoms with Crippen LogP contribution in [0.3, 0.4) is 0 Å². The van der Waals surface area contributed by atoms with Gasteiger partial charge in [-0.25, -0.2) is 0 Å². The fourth-order valence-electron chi connectivity index (χ4n) is 1.99. The maximum absolute atomic E-state index is 12.3. The minimum Gasteiger partial charge on any atom is -0.340 e. The quantitative estimate of drug-likeness (QED) is 0.678. The summed E-state index contributed by atoms with van der Waals surface area (Å²) in [6.45, 7) is 5.72. The van der Waals surface area contributed by atoms with E-state index in [2.05, 4.69) is 43.8 Å². The van der Waals surface area contributed by atoms with E-state index >= 15 is 0 Å². The molecule has 0 bridgehead atoms. The largest absolute Gasteiger partial charge is 0.340 e. The van der Waals surface area contributed by atoms with E-state index in [9.17, 15) is 4.79 Å². The van der Waals surface area contributed by atoms with Crippen molar-refractivity contribution in [3.63, 3.8) is 0 Å². The number of amides is 1. The molecule has 1 aliphatic heterocycles. The standard InChI is InChI=1S/C10H16Br2N2O/c1-9(7-10(9,11)12)8(15)14-5-3-13(2)4-6-14/h3-7H2,1-2H3/t9-/m1/s1. The van der Waals surface area contributed by atoms with E-state index in [-0.39, 0.29) is 14.6 Å². The molecule has 0 aromatic rings. The third kappa shape index (κ3) is 1.98. The molecule has 2 aliphatic rings. The number of halogens is 2. The van der Waals surface area contributed by atoms with Crippen molar-refractivity contribution in [1.82, 2.24) is 9.80 Å². The van der Waals surface area contributed by atoms with E-state index in [0.717, 1.165) is 32.6 Å². The number of likely N-dealkylation sites (N-methyl/N-ethyl adjacent to an activating group) is 1. The van der Waals surface area contributed by atoms with Gasteiger partial charge in [0, 0.05) is 26.2 Å². The highest BCUT2D eigenvalue weighted by molar-refractivity contribution is 9.25. The second kappa shape index (κ2) is 3.70. The zero-order valence-electron chi connectivity index (χ0n) is 9.09. The summed E-state index contributed by atoms with van der Waals surface area (Å²) >= 11 is 7.09. The minimum absolute atomic E-state index is 0.159. The molecule has 3 nitrogen and oxygen atoms in total. The highest BCUT2D eigenvalue weighted by Gasteiger charge is 2.67. The molecule has 15 heavy (non-hydrogen) atoms. The number of nitrogens with zero attached hydrogens (tertiary/aromatic N) is 2. The maximum Gasteiger partial charge on any atom is 0.230 e.